The Morgan fingerprint density at radius 1 is 1.43 bits per heavy atom. The first-order valence-electron chi connectivity index (χ1n) is 7.72. The summed E-state index contributed by atoms with van der Waals surface area (Å²) in [5.74, 6) is 1.66. The minimum absolute atomic E-state index is 0.00788. The van der Waals surface area contributed by atoms with Crippen molar-refractivity contribution in [3.63, 3.8) is 0 Å². The topological polar surface area (TPSA) is 49.8 Å². The fraction of sp³-hybridized carbons (Fsp3) is 0.588. The highest BCUT2D eigenvalue weighted by atomic mass is 16.5. The third-order valence-corrected chi connectivity index (χ3v) is 4.13. The molecule has 1 aromatic rings. The van der Waals surface area contributed by atoms with Crippen molar-refractivity contribution in [1.29, 1.82) is 0 Å². The van der Waals surface area contributed by atoms with Crippen molar-refractivity contribution < 1.29 is 14.6 Å². The van der Waals surface area contributed by atoms with Gasteiger partial charge in [0, 0.05) is 24.6 Å². The number of carbonyl (C=O) groups is 1. The van der Waals surface area contributed by atoms with Crippen molar-refractivity contribution in [2.45, 2.75) is 32.7 Å². The molecule has 21 heavy (non-hydrogen) atoms. The second-order valence-corrected chi connectivity index (χ2v) is 5.69. The van der Waals surface area contributed by atoms with E-state index in [0.29, 0.717) is 19.0 Å². The molecule has 0 bridgehead atoms. The van der Waals surface area contributed by atoms with Crippen LogP contribution in [0.5, 0.6) is 5.75 Å². The van der Waals surface area contributed by atoms with Crippen LogP contribution in [0.3, 0.4) is 0 Å². The first-order chi connectivity index (χ1) is 10.2. The Balaban J connectivity index is 2.03. The van der Waals surface area contributed by atoms with E-state index in [-0.39, 0.29) is 18.4 Å². The molecule has 2 atom stereocenters. The number of benzene rings is 1. The molecule has 1 aromatic carbocycles. The minimum Gasteiger partial charge on any atom is -0.496 e. The number of hydrogen-bond acceptors (Lipinski definition) is 3. The quantitative estimate of drug-likeness (QED) is 0.800. The highest BCUT2D eigenvalue weighted by Crippen LogP contribution is 2.43. The normalized spacial score (nSPS) is 20.1. The Morgan fingerprint density at radius 2 is 2.19 bits per heavy atom. The van der Waals surface area contributed by atoms with Gasteiger partial charge in [-0.05, 0) is 24.8 Å². The summed E-state index contributed by atoms with van der Waals surface area (Å²) in [7, 11) is 1.63. The Kier molecular flexibility index (Phi) is 5.62. The number of ether oxygens (including phenoxy) is 1. The third kappa shape index (κ3) is 3.97. The molecule has 4 heteroatoms. The van der Waals surface area contributed by atoms with Crippen molar-refractivity contribution in [2.24, 2.45) is 11.8 Å². The molecule has 116 valence electrons. The number of para-hydroxylation sites is 1. The predicted octanol–water partition coefficient (Wildman–Crippen LogP) is 2.45. The molecule has 1 saturated carbocycles. The van der Waals surface area contributed by atoms with Crippen LogP contribution in [0.1, 0.15) is 31.7 Å². The molecule has 0 radical (unpaired) electrons. The summed E-state index contributed by atoms with van der Waals surface area (Å²) < 4.78 is 5.34. The molecule has 0 spiro atoms. The van der Waals surface area contributed by atoms with Gasteiger partial charge in [0.25, 0.3) is 0 Å². The highest BCUT2D eigenvalue weighted by Gasteiger charge is 2.43. The smallest absolute Gasteiger partial charge is 0.226 e. The summed E-state index contributed by atoms with van der Waals surface area (Å²) >= 11 is 0. The lowest BCUT2D eigenvalue weighted by atomic mass is 10.1. The Bertz CT molecular complexity index is 475. The van der Waals surface area contributed by atoms with E-state index >= 15 is 0 Å². The summed E-state index contributed by atoms with van der Waals surface area (Å²) in [6.45, 7) is 3.03. The van der Waals surface area contributed by atoms with Gasteiger partial charge in [-0.2, -0.15) is 0 Å². The number of aliphatic hydroxyl groups excluding tert-OH is 1. The lowest BCUT2D eigenvalue weighted by molar-refractivity contribution is -0.134. The predicted molar refractivity (Wildman–Crippen MR) is 82.0 cm³/mol. The maximum atomic E-state index is 12.6. The third-order valence-electron chi connectivity index (χ3n) is 4.13. The Hall–Kier alpha value is -1.55. The average Bonchev–Trinajstić information content (AvgIpc) is 3.26. The van der Waals surface area contributed by atoms with Gasteiger partial charge >= 0.3 is 0 Å². The van der Waals surface area contributed by atoms with E-state index < -0.39 is 0 Å². The van der Waals surface area contributed by atoms with Crippen LogP contribution in [0.2, 0.25) is 0 Å². The van der Waals surface area contributed by atoms with Crippen LogP contribution in [-0.4, -0.2) is 36.2 Å². The second-order valence-electron chi connectivity index (χ2n) is 5.69. The summed E-state index contributed by atoms with van der Waals surface area (Å²) in [5, 5.41) is 9.24. The minimum atomic E-state index is -0.00788. The van der Waals surface area contributed by atoms with Gasteiger partial charge in [0.1, 0.15) is 5.75 Å². The number of carbonyl (C=O) groups excluding carboxylic acids is 1. The van der Waals surface area contributed by atoms with Gasteiger partial charge in [-0.1, -0.05) is 31.5 Å². The van der Waals surface area contributed by atoms with E-state index in [0.717, 1.165) is 30.6 Å². The summed E-state index contributed by atoms with van der Waals surface area (Å²) in [5.41, 5.74) is 0.981. The first kappa shape index (κ1) is 15.8. The van der Waals surface area contributed by atoms with Crippen molar-refractivity contribution in [1.82, 2.24) is 4.90 Å². The number of amides is 1. The molecule has 2 rings (SSSR count). The second kappa shape index (κ2) is 7.46. The zero-order valence-electron chi connectivity index (χ0n) is 12.9. The zero-order valence-corrected chi connectivity index (χ0v) is 12.9. The summed E-state index contributed by atoms with van der Waals surface area (Å²) in [4.78, 5) is 14.3. The van der Waals surface area contributed by atoms with Gasteiger partial charge in [-0.15, -0.1) is 0 Å². The fourth-order valence-electron chi connectivity index (χ4n) is 2.90. The standard InChI is InChI=1S/C17H25NO3/c1-3-6-13-11-15(13)17(20)18(9-10-19)12-14-7-4-5-8-16(14)21-2/h4-5,7-8,13,15,19H,3,6,9-12H2,1-2H3/t13-,15-/m1/s1. The van der Waals surface area contributed by atoms with Crippen molar-refractivity contribution in [2.75, 3.05) is 20.3 Å². The molecule has 0 heterocycles. The van der Waals surface area contributed by atoms with Crippen LogP contribution in [0.25, 0.3) is 0 Å². The molecule has 1 aliphatic carbocycles. The molecule has 0 aliphatic heterocycles. The lowest BCUT2D eigenvalue weighted by Crippen LogP contribution is -2.34. The lowest BCUT2D eigenvalue weighted by Gasteiger charge is -2.23. The van der Waals surface area contributed by atoms with E-state index in [1.54, 1.807) is 12.0 Å². The molecule has 0 unspecified atom stereocenters. The molecule has 1 N–H and O–H groups in total. The molecular formula is C17H25NO3. The van der Waals surface area contributed by atoms with Gasteiger partial charge in [-0.25, -0.2) is 0 Å². The van der Waals surface area contributed by atoms with Gasteiger partial charge < -0.3 is 14.7 Å². The van der Waals surface area contributed by atoms with Crippen LogP contribution in [0.4, 0.5) is 0 Å². The number of rotatable bonds is 8. The largest absolute Gasteiger partial charge is 0.496 e. The Morgan fingerprint density at radius 3 is 2.86 bits per heavy atom. The molecule has 4 nitrogen and oxygen atoms in total. The van der Waals surface area contributed by atoms with Gasteiger partial charge in [0.15, 0.2) is 0 Å². The molecule has 1 amide bonds. The van der Waals surface area contributed by atoms with Crippen LogP contribution >= 0.6 is 0 Å². The number of nitrogens with zero attached hydrogens (tertiary/aromatic N) is 1. The van der Waals surface area contributed by atoms with Gasteiger partial charge in [-0.3, -0.25) is 4.79 Å². The maximum Gasteiger partial charge on any atom is 0.226 e. The number of aliphatic hydroxyl groups is 1. The van der Waals surface area contributed by atoms with Crippen molar-refractivity contribution in [3.05, 3.63) is 29.8 Å². The van der Waals surface area contributed by atoms with E-state index in [1.165, 1.54) is 0 Å². The van der Waals surface area contributed by atoms with E-state index in [9.17, 15) is 9.90 Å². The average molecular weight is 291 g/mol. The van der Waals surface area contributed by atoms with Gasteiger partial charge in [0.2, 0.25) is 5.91 Å². The van der Waals surface area contributed by atoms with Crippen molar-refractivity contribution >= 4 is 5.91 Å². The van der Waals surface area contributed by atoms with E-state index in [1.807, 2.05) is 24.3 Å². The van der Waals surface area contributed by atoms with Crippen LogP contribution in [0.15, 0.2) is 24.3 Å². The molecule has 0 aromatic heterocycles. The highest BCUT2D eigenvalue weighted by molar-refractivity contribution is 5.81. The van der Waals surface area contributed by atoms with E-state index in [4.69, 9.17) is 4.74 Å². The molecule has 1 fully saturated rings. The summed E-state index contributed by atoms with van der Waals surface area (Å²) in [6, 6.07) is 7.72. The molecule has 1 aliphatic rings. The van der Waals surface area contributed by atoms with Gasteiger partial charge in [0.05, 0.1) is 13.7 Å². The number of methoxy groups -OCH3 is 1. The SMILES string of the molecule is CCC[C@@H]1C[C@H]1C(=O)N(CCO)Cc1ccccc1OC. The van der Waals surface area contributed by atoms with Crippen molar-refractivity contribution in [3.8, 4) is 5.75 Å². The van der Waals surface area contributed by atoms with Crippen LogP contribution in [-0.2, 0) is 11.3 Å². The Labute approximate surface area is 126 Å². The molecule has 0 saturated heterocycles. The van der Waals surface area contributed by atoms with Crippen LogP contribution < -0.4 is 4.74 Å². The number of hydrogen-bond donors (Lipinski definition) is 1. The maximum absolute atomic E-state index is 12.6. The fourth-order valence-corrected chi connectivity index (χ4v) is 2.90. The van der Waals surface area contributed by atoms with E-state index in [2.05, 4.69) is 6.92 Å². The first-order valence-corrected chi connectivity index (χ1v) is 7.72. The summed E-state index contributed by atoms with van der Waals surface area (Å²) in [6.07, 6.45) is 3.25. The monoisotopic (exact) mass is 291 g/mol. The zero-order chi connectivity index (χ0) is 15.2. The molecular weight excluding hydrogens is 266 g/mol. The van der Waals surface area contributed by atoms with Crippen LogP contribution in [0, 0.1) is 11.8 Å².